The lowest BCUT2D eigenvalue weighted by Crippen LogP contribution is -2.37. The van der Waals surface area contributed by atoms with Gasteiger partial charge in [0.1, 0.15) is 5.75 Å². The molecule has 2 unspecified atom stereocenters. The summed E-state index contributed by atoms with van der Waals surface area (Å²) >= 11 is 0. The van der Waals surface area contributed by atoms with Gasteiger partial charge in [0.2, 0.25) is 0 Å². The number of halogens is 1. The Labute approximate surface area is 197 Å². The monoisotopic (exact) mass is 520 g/mol. The SMILES string of the molecule is CC1CCCCN1Cc1ccccc1CN=C(N)NC1CCOc2ccccc21.I. The Kier molecular flexibility index (Phi) is 8.39. The molecule has 0 radical (unpaired) electrons. The van der Waals surface area contributed by atoms with Crippen LogP contribution in [0.2, 0.25) is 0 Å². The zero-order chi connectivity index (χ0) is 20.1. The summed E-state index contributed by atoms with van der Waals surface area (Å²) in [4.78, 5) is 7.25. The van der Waals surface area contributed by atoms with Crippen LogP contribution in [0.3, 0.4) is 0 Å². The topological polar surface area (TPSA) is 62.9 Å². The van der Waals surface area contributed by atoms with E-state index in [1.165, 1.54) is 36.9 Å². The molecular weight excluding hydrogens is 487 g/mol. The third kappa shape index (κ3) is 5.66. The molecule has 1 saturated heterocycles. The molecule has 30 heavy (non-hydrogen) atoms. The van der Waals surface area contributed by atoms with Crippen molar-refractivity contribution in [1.82, 2.24) is 10.2 Å². The molecule has 162 valence electrons. The minimum atomic E-state index is 0. The van der Waals surface area contributed by atoms with E-state index in [-0.39, 0.29) is 30.0 Å². The molecule has 2 heterocycles. The Morgan fingerprint density at radius 2 is 1.87 bits per heavy atom. The number of nitrogens with two attached hydrogens (primary N) is 1. The Morgan fingerprint density at radius 3 is 2.70 bits per heavy atom. The van der Waals surface area contributed by atoms with E-state index in [2.05, 4.69) is 52.5 Å². The average Bonchev–Trinajstić information content (AvgIpc) is 2.75. The first kappa shape index (κ1) is 22.9. The van der Waals surface area contributed by atoms with Crippen molar-refractivity contribution >= 4 is 29.9 Å². The van der Waals surface area contributed by atoms with E-state index >= 15 is 0 Å². The molecule has 5 nitrogen and oxygen atoms in total. The zero-order valence-corrected chi connectivity index (χ0v) is 20.0. The van der Waals surface area contributed by atoms with E-state index in [0.717, 1.165) is 24.3 Å². The van der Waals surface area contributed by atoms with Crippen LogP contribution < -0.4 is 15.8 Å². The lowest BCUT2D eigenvalue weighted by molar-refractivity contribution is 0.152. The van der Waals surface area contributed by atoms with Crippen molar-refractivity contribution in [2.75, 3.05) is 13.2 Å². The summed E-state index contributed by atoms with van der Waals surface area (Å²) in [5, 5.41) is 3.39. The highest BCUT2D eigenvalue weighted by atomic mass is 127. The van der Waals surface area contributed by atoms with E-state index in [9.17, 15) is 0 Å². The number of para-hydroxylation sites is 1. The number of hydrogen-bond acceptors (Lipinski definition) is 3. The molecule has 3 N–H and O–H groups in total. The largest absolute Gasteiger partial charge is 0.493 e. The van der Waals surface area contributed by atoms with Gasteiger partial charge in [0, 0.05) is 24.6 Å². The molecule has 2 aromatic carbocycles. The minimum absolute atomic E-state index is 0. The summed E-state index contributed by atoms with van der Waals surface area (Å²) in [6, 6.07) is 17.5. The summed E-state index contributed by atoms with van der Waals surface area (Å²) in [7, 11) is 0. The van der Waals surface area contributed by atoms with Gasteiger partial charge in [-0.1, -0.05) is 48.9 Å². The highest BCUT2D eigenvalue weighted by Gasteiger charge is 2.21. The van der Waals surface area contributed by atoms with Crippen molar-refractivity contribution < 1.29 is 4.74 Å². The van der Waals surface area contributed by atoms with Crippen LogP contribution in [0, 0.1) is 0 Å². The Morgan fingerprint density at radius 1 is 1.10 bits per heavy atom. The summed E-state index contributed by atoms with van der Waals surface area (Å²) in [5.41, 5.74) is 10.0. The van der Waals surface area contributed by atoms with Crippen LogP contribution in [-0.4, -0.2) is 30.1 Å². The Bertz CT molecular complexity index is 857. The van der Waals surface area contributed by atoms with Gasteiger partial charge in [0.15, 0.2) is 5.96 Å². The maximum atomic E-state index is 6.25. The van der Waals surface area contributed by atoms with E-state index in [1.54, 1.807) is 0 Å². The molecule has 4 rings (SSSR count). The number of piperidine rings is 1. The molecule has 0 aliphatic carbocycles. The van der Waals surface area contributed by atoms with Gasteiger partial charge in [0.05, 0.1) is 19.2 Å². The highest BCUT2D eigenvalue weighted by molar-refractivity contribution is 14.0. The number of nitrogens with zero attached hydrogens (tertiary/aromatic N) is 2. The number of hydrogen-bond donors (Lipinski definition) is 2. The molecule has 2 aliphatic rings. The number of nitrogens with one attached hydrogen (secondary N) is 1. The standard InChI is InChI=1S/C24H32N4O.HI/c1-18-8-6-7-14-28(18)17-20-10-3-2-9-19(20)16-26-24(25)27-22-13-15-29-23-12-5-4-11-21(22)23;/h2-5,9-12,18,22H,6-8,13-17H2,1H3,(H3,25,26,27);1H. The molecule has 2 aliphatic heterocycles. The van der Waals surface area contributed by atoms with Crippen LogP contribution in [-0.2, 0) is 13.1 Å². The second-order valence-electron chi connectivity index (χ2n) is 8.16. The van der Waals surface area contributed by atoms with Crippen LogP contribution >= 0.6 is 24.0 Å². The predicted octanol–water partition coefficient (Wildman–Crippen LogP) is 4.61. The number of guanidine groups is 1. The zero-order valence-electron chi connectivity index (χ0n) is 17.7. The van der Waals surface area contributed by atoms with Gasteiger partial charge in [-0.25, -0.2) is 4.99 Å². The number of rotatable bonds is 5. The van der Waals surface area contributed by atoms with Gasteiger partial charge < -0.3 is 15.8 Å². The van der Waals surface area contributed by atoms with Crippen LogP contribution in [0.1, 0.15) is 55.3 Å². The fourth-order valence-electron chi connectivity index (χ4n) is 4.36. The molecule has 0 aromatic heterocycles. The van der Waals surface area contributed by atoms with Gasteiger partial charge in [-0.15, -0.1) is 24.0 Å². The third-order valence-corrected chi connectivity index (χ3v) is 6.13. The minimum Gasteiger partial charge on any atom is -0.493 e. The number of ether oxygens (including phenoxy) is 1. The molecule has 6 heteroatoms. The fourth-order valence-corrected chi connectivity index (χ4v) is 4.36. The quantitative estimate of drug-likeness (QED) is 0.344. The van der Waals surface area contributed by atoms with Crippen molar-refractivity contribution in [3.8, 4) is 5.75 Å². The van der Waals surface area contributed by atoms with Gasteiger partial charge in [-0.05, 0) is 43.5 Å². The van der Waals surface area contributed by atoms with Crippen molar-refractivity contribution in [1.29, 1.82) is 0 Å². The maximum Gasteiger partial charge on any atom is 0.189 e. The number of benzene rings is 2. The number of likely N-dealkylation sites (tertiary alicyclic amines) is 1. The fraction of sp³-hybridized carbons (Fsp3) is 0.458. The highest BCUT2D eigenvalue weighted by Crippen LogP contribution is 2.31. The van der Waals surface area contributed by atoms with Crippen molar-refractivity contribution in [2.45, 2.75) is 57.8 Å². The normalized spacial score (nSPS) is 21.8. The molecule has 0 spiro atoms. The Balaban J connectivity index is 0.00000256. The molecule has 0 bridgehead atoms. The summed E-state index contributed by atoms with van der Waals surface area (Å²) < 4.78 is 5.74. The van der Waals surface area contributed by atoms with Crippen molar-refractivity contribution in [3.05, 3.63) is 65.2 Å². The predicted molar refractivity (Wildman–Crippen MR) is 133 cm³/mol. The number of fused-ring (bicyclic) bond motifs is 1. The summed E-state index contributed by atoms with van der Waals surface area (Å²) in [6.07, 6.45) is 4.83. The van der Waals surface area contributed by atoms with E-state index < -0.39 is 0 Å². The molecule has 2 atom stereocenters. The molecular formula is C24H33IN4O. The van der Waals surface area contributed by atoms with E-state index in [0.29, 0.717) is 25.2 Å². The first-order valence-corrected chi connectivity index (χ1v) is 10.8. The van der Waals surface area contributed by atoms with Gasteiger partial charge in [-0.3, -0.25) is 4.90 Å². The first-order chi connectivity index (χ1) is 14.2. The Hall–Kier alpha value is -1.80. The molecule has 1 fully saturated rings. The molecule has 0 amide bonds. The smallest absolute Gasteiger partial charge is 0.189 e. The second kappa shape index (κ2) is 11.0. The third-order valence-electron chi connectivity index (χ3n) is 6.13. The van der Waals surface area contributed by atoms with Crippen molar-refractivity contribution in [2.24, 2.45) is 10.7 Å². The molecule has 2 aromatic rings. The lowest BCUT2D eigenvalue weighted by Gasteiger charge is -2.33. The maximum absolute atomic E-state index is 6.25. The summed E-state index contributed by atoms with van der Waals surface area (Å²) in [6.45, 7) is 5.81. The van der Waals surface area contributed by atoms with E-state index in [1.807, 2.05) is 18.2 Å². The van der Waals surface area contributed by atoms with Gasteiger partial charge >= 0.3 is 0 Å². The second-order valence-corrected chi connectivity index (χ2v) is 8.16. The summed E-state index contributed by atoms with van der Waals surface area (Å²) in [5.74, 6) is 1.43. The van der Waals surface area contributed by atoms with Crippen LogP contribution in [0.15, 0.2) is 53.5 Å². The van der Waals surface area contributed by atoms with Gasteiger partial charge in [0.25, 0.3) is 0 Å². The number of aliphatic imine (C=N–C) groups is 1. The van der Waals surface area contributed by atoms with E-state index in [4.69, 9.17) is 10.5 Å². The van der Waals surface area contributed by atoms with Crippen LogP contribution in [0.25, 0.3) is 0 Å². The first-order valence-electron chi connectivity index (χ1n) is 10.8. The van der Waals surface area contributed by atoms with Crippen molar-refractivity contribution in [3.63, 3.8) is 0 Å². The van der Waals surface area contributed by atoms with Crippen LogP contribution in [0.4, 0.5) is 0 Å². The van der Waals surface area contributed by atoms with Gasteiger partial charge in [-0.2, -0.15) is 0 Å². The molecule has 0 saturated carbocycles. The van der Waals surface area contributed by atoms with Crippen LogP contribution in [0.5, 0.6) is 5.75 Å². The average molecular weight is 520 g/mol. The lowest BCUT2D eigenvalue weighted by atomic mass is 10.0.